The van der Waals surface area contributed by atoms with E-state index in [4.69, 9.17) is 0 Å². The Morgan fingerprint density at radius 1 is 0.944 bits per heavy atom. The summed E-state index contributed by atoms with van der Waals surface area (Å²) < 4.78 is 0. The van der Waals surface area contributed by atoms with E-state index >= 15 is 0 Å². The third-order valence-corrected chi connectivity index (χ3v) is 4.22. The van der Waals surface area contributed by atoms with Gasteiger partial charge in [0.05, 0.1) is 0 Å². The third-order valence-electron chi connectivity index (χ3n) is 4.22. The molecule has 0 aromatic heterocycles. The highest BCUT2D eigenvalue weighted by molar-refractivity contribution is 5.38. The van der Waals surface area contributed by atoms with Gasteiger partial charge in [-0.05, 0) is 61.3 Å². The normalized spacial score (nSPS) is 18.4. The molecule has 0 saturated heterocycles. The summed E-state index contributed by atoms with van der Waals surface area (Å²) in [4.78, 5) is 0. The van der Waals surface area contributed by atoms with Gasteiger partial charge in [-0.25, -0.2) is 0 Å². The molecule has 0 fully saturated rings. The Labute approximate surface area is 110 Å². The summed E-state index contributed by atoms with van der Waals surface area (Å²) >= 11 is 0. The van der Waals surface area contributed by atoms with Gasteiger partial charge >= 0.3 is 0 Å². The van der Waals surface area contributed by atoms with Gasteiger partial charge in [-0.2, -0.15) is 0 Å². The second-order valence-electron chi connectivity index (χ2n) is 5.57. The first kappa shape index (κ1) is 11.5. The van der Waals surface area contributed by atoms with Crippen LogP contribution in [0.15, 0.2) is 42.5 Å². The van der Waals surface area contributed by atoms with Crippen molar-refractivity contribution in [2.24, 2.45) is 0 Å². The Morgan fingerprint density at radius 3 is 2.56 bits per heavy atom. The standard InChI is InChI=1S/C18H20/c1-13-7-8-14(2)18(11-13)17-10-9-15-5-3-4-6-16(15)12-17/h3-8,11,17H,9-10,12H2,1-2H3. The molecule has 0 spiro atoms. The topological polar surface area (TPSA) is 0 Å². The molecule has 0 heteroatoms. The number of benzene rings is 2. The van der Waals surface area contributed by atoms with Crippen LogP contribution in [0.3, 0.4) is 0 Å². The Balaban J connectivity index is 1.94. The number of hydrogen-bond acceptors (Lipinski definition) is 0. The van der Waals surface area contributed by atoms with Crippen LogP contribution in [0.1, 0.15) is 40.2 Å². The molecule has 1 unspecified atom stereocenters. The van der Waals surface area contributed by atoms with Crippen LogP contribution in [-0.2, 0) is 12.8 Å². The van der Waals surface area contributed by atoms with Crippen LogP contribution in [0.4, 0.5) is 0 Å². The van der Waals surface area contributed by atoms with Crippen molar-refractivity contribution in [3.63, 3.8) is 0 Å². The van der Waals surface area contributed by atoms with E-state index in [9.17, 15) is 0 Å². The van der Waals surface area contributed by atoms with E-state index < -0.39 is 0 Å². The molecule has 18 heavy (non-hydrogen) atoms. The quantitative estimate of drug-likeness (QED) is 0.680. The molecule has 0 bridgehead atoms. The van der Waals surface area contributed by atoms with E-state index in [1.807, 2.05) is 0 Å². The van der Waals surface area contributed by atoms with E-state index in [0.29, 0.717) is 5.92 Å². The molecule has 0 nitrogen and oxygen atoms in total. The van der Waals surface area contributed by atoms with Crippen molar-refractivity contribution < 1.29 is 0 Å². The van der Waals surface area contributed by atoms with Crippen LogP contribution in [0, 0.1) is 13.8 Å². The molecule has 2 aromatic carbocycles. The minimum absolute atomic E-state index is 0.708. The predicted octanol–water partition coefficient (Wildman–Crippen LogP) is 4.58. The van der Waals surface area contributed by atoms with Crippen LogP contribution in [0.5, 0.6) is 0 Å². The van der Waals surface area contributed by atoms with Crippen molar-refractivity contribution >= 4 is 0 Å². The van der Waals surface area contributed by atoms with Crippen molar-refractivity contribution in [1.29, 1.82) is 0 Å². The summed E-state index contributed by atoms with van der Waals surface area (Å²) in [6.45, 7) is 4.44. The number of hydrogen-bond donors (Lipinski definition) is 0. The van der Waals surface area contributed by atoms with Crippen molar-refractivity contribution in [1.82, 2.24) is 0 Å². The first-order chi connectivity index (χ1) is 8.74. The van der Waals surface area contributed by atoms with Gasteiger partial charge in [-0.3, -0.25) is 0 Å². The number of fused-ring (bicyclic) bond motifs is 1. The zero-order valence-corrected chi connectivity index (χ0v) is 11.2. The molecule has 0 radical (unpaired) electrons. The van der Waals surface area contributed by atoms with E-state index in [-0.39, 0.29) is 0 Å². The highest BCUT2D eigenvalue weighted by Crippen LogP contribution is 2.34. The Morgan fingerprint density at radius 2 is 1.72 bits per heavy atom. The second kappa shape index (κ2) is 4.61. The summed E-state index contributed by atoms with van der Waals surface area (Å²) in [6, 6.07) is 15.8. The zero-order valence-electron chi connectivity index (χ0n) is 11.2. The van der Waals surface area contributed by atoms with E-state index in [0.717, 1.165) is 0 Å². The minimum Gasteiger partial charge on any atom is -0.0620 e. The molecule has 1 aliphatic rings. The molecule has 0 aliphatic heterocycles. The van der Waals surface area contributed by atoms with Gasteiger partial charge in [0, 0.05) is 0 Å². The van der Waals surface area contributed by atoms with Crippen molar-refractivity contribution in [3.05, 3.63) is 70.3 Å². The lowest BCUT2D eigenvalue weighted by Crippen LogP contribution is -2.13. The average molecular weight is 236 g/mol. The fourth-order valence-electron chi connectivity index (χ4n) is 3.16. The van der Waals surface area contributed by atoms with Gasteiger partial charge in [0.15, 0.2) is 0 Å². The first-order valence-corrected chi connectivity index (χ1v) is 6.88. The summed E-state index contributed by atoms with van der Waals surface area (Å²) in [6.07, 6.45) is 3.73. The second-order valence-corrected chi connectivity index (χ2v) is 5.57. The zero-order chi connectivity index (χ0) is 12.5. The van der Waals surface area contributed by atoms with Gasteiger partial charge in [0.1, 0.15) is 0 Å². The molecule has 1 atom stereocenters. The Kier molecular flexibility index (Phi) is 2.95. The van der Waals surface area contributed by atoms with Gasteiger partial charge in [-0.15, -0.1) is 0 Å². The van der Waals surface area contributed by atoms with Gasteiger partial charge in [-0.1, -0.05) is 48.0 Å². The number of rotatable bonds is 1. The highest BCUT2D eigenvalue weighted by atomic mass is 14.2. The van der Waals surface area contributed by atoms with Gasteiger partial charge in [0.25, 0.3) is 0 Å². The lowest BCUT2D eigenvalue weighted by molar-refractivity contribution is 0.582. The van der Waals surface area contributed by atoms with Crippen molar-refractivity contribution in [2.45, 2.75) is 39.0 Å². The van der Waals surface area contributed by atoms with Crippen LogP contribution in [-0.4, -0.2) is 0 Å². The molecule has 2 aromatic rings. The Bertz CT molecular complexity index is 566. The van der Waals surface area contributed by atoms with E-state index in [2.05, 4.69) is 56.3 Å². The maximum Gasteiger partial charge on any atom is -0.0116 e. The fraction of sp³-hybridized carbons (Fsp3) is 0.333. The van der Waals surface area contributed by atoms with E-state index in [1.165, 1.54) is 30.4 Å². The molecular formula is C18H20. The smallest absolute Gasteiger partial charge is 0.0116 e. The van der Waals surface area contributed by atoms with Crippen molar-refractivity contribution in [3.8, 4) is 0 Å². The Hall–Kier alpha value is -1.56. The van der Waals surface area contributed by atoms with Crippen molar-refractivity contribution in [2.75, 3.05) is 0 Å². The summed E-state index contributed by atoms with van der Waals surface area (Å²) in [7, 11) is 0. The summed E-state index contributed by atoms with van der Waals surface area (Å²) in [5.41, 5.74) is 7.50. The summed E-state index contributed by atoms with van der Waals surface area (Å²) in [5, 5.41) is 0. The monoisotopic (exact) mass is 236 g/mol. The SMILES string of the molecule is Cc1ccc(C)c(C2CCc3ccccc3C2)c1. The lowest BCUT2D eigenvalue weighted by atomic mass is 9.78. The van der Waals surface area contributed by atoms with Crippen LogP contribution < -0.4 is 0 Å². The number of aryl methyl sites for hydroxylation is 3. The van der Waals surface area contributed by atoms with Crippen LogP contribution in [0.2, 0.25) is 0 Å². The molecule has 0 N–H and O–H groups in total. The first-order valence-electron chi connectivity index (χ1n) is 6.88. The molecule has 0 saturated carbocycles. The predicted molar refractivity (Wildman–Crippen MR) is 77.1 cm³/mol. The molecular weight excluding hydrogens is 216 g/mol. The lowest BCUT2D eigenvalue weighted by Gasteiger charge is -2.26. The molecule has 92 valence electrons. The molecule has 3 rings (SSSR count). The summed E-state index contributed by atoms with van der Waals surface area (Å²) in [5.74, 6) is 0.708. The largest absolute Gasteiger partial charge is 0.0620 e. The maximum atomic E-state index is 2.38. The van der Waals surface area contributed by atoms with Gasteiger partial charge in [0.2, 0.25) is 0 Å². The third kappa shape index (κ3) is 2.08. The molecule has 0 heterocycles. The average Bonchev–Trinajstić information content (AvgIpc) is 2.41. The highest BCUT2D eigenvalue weighted by Gasteiger charge is 2.20. The van der Waals surface area contributed by atoms with Crippen LogP contribution >= 0.6 is 0 Å². The fourth-order valence-corrected chi connectivity index (χ4v) is 3.16. The van der Waals surface area contributed by atoms with Gasteiger partial charge < -0.3 is 0 Å². The maximum absolute atomic E-state index is 2.38. The minimum atomic E-state index is 0.708. The molecule has 0 amide bonds. The van der Waals surface area contributed by atoms with E-state index in [1.54, 1.807) is 16.7 Å². The molecule has 1 aliphatic carbocycles. The van der Waals surface area contributed by atoms with Crippen LogP contribution in [0.25, 0.3) is 0 Å².